The van der Waals surface area contributed by atoms with Crippen LogP contribution < -0.4 is 14.8 Å². The summed E-state index contributed by atoms with van der Waals surface area (Å²) in [5.41, 5.74) is -0.513. The SMILES string of the molecule is COc1cccc(OC)c1C(=O)[P+](=O)c1ccccc1C(=O)c1c(Cl)cccc1Cl. The quantitative estimate of drug-likeness (QED) is 0.341. The van der Waals surface area contributed by atoms with Crippen molar-refractivity contribution in [1.82, 2.24) is 0 Å². The van der Waals surface area contributed by atoms with Crippen molar-refractivity contribution in [3.05, 3.63) is 87.4 Å². The Morgan fingerprint density at radius 3 is 1.87 bits per heavy atom. The first-order valence-corrected chi connectivity index (χ1v) is 10.7. The number of carbonyl (C=O) groups is 2. The molecule has 3 aromatic rings. The highest BCUT2D eigenvalue weighted by Gasteiger charge is 2.40. The van der Waals surface area contributed by atoms with Crippen LogP contribution in [0, 0.1) is 0 Å². The molecule has 0 amide bonds. The standard InChI is InChI=1S/C22H16Cl2O5P/c1-28-16-10-6-11-17(29-2)20(16)22(26)30(27)18-12-4-3-7-13(18)21(25)19-14(23)8-5-9-15(19)24/h3-12H,1-2H3/q+1. The van der Waals surface area contributed by atoms with Gasteiger partial charge in [-0.15, -0.1) is 0 Å². The maximum Gasteiger partial charge on any atom is 0.459 e. The maximum absolute atomic E-state index is 13.3. The van der Waals surface area contributed by atoms with E-state index in [9.17, 15) is 14.2 Å². The molecule has 0 fully saturated rings. The first kappa shape index (κ1) is 22.0. The first-order valence-electron chi connectivity index (χ1n) is 8.71. The molecule has 0 bridgehead atoms. The molecule has 8 heteroatoms. The van der Waals surface area contributed by atoms with E-state index < -0.39 is 19.1 Å². The molecule has 0 spiro atoms. The fourth-order valence-electron chi connectivity index (χ4n) is 2.97. The van der Waals surface area contributed by atoms with Crippen molar-refractivity contribution in [3.63, 3.8) is 0 Å². The lowest BCUT2D eigenvalue weighted by Crippen LogP contribution is -2.17. The average molecular weight is 462 g/mol. The van der Waals surface area contributed by atoms with Gasteiger partial charge in [-0.3, -0.25) is 4.79 Å². The average Bonchev–Trinajstić information content (AvgIpc) is 2.77. The van der Waals surface area contributed by atoms with Gasteiger partial charge < -0.3 is 9.47 Å². The first-order chi connectivity index (χ1) is 14.4. The Hall–Kier alpha value is -2.72. The Balaban J connectivity index is 2.10. The largest absolute Gasteiger partial charge is 0.496 e. The predicted octanol–water partition coefficient (Wildman–Crippen LogP) is 5.53. The van der Waals surface area contributed by atoms with Gasteiger partial charge >= 0.3 is 13.3 Å². The van der Waals surface area contributed by atoms with E-state index >= 15 is 0 Å². The minimum absolute atomic E-state index is 0.0432. The van der Waals surface area contributed by atoms with Crippen molar-refractivity contribution in [2.45, 2.75) is 0 Å². The van der Waals surface area contributed by atoms with Crippen LogP contribution in [0.3, 0.4) is 0 Å². The minimum atomic E-state index is -2.68. The number of rotatable bonds is 7. The zero-order valence-corrected chi connectivity index (χ0v) is 18.4. The van der Waals surface area contributed by atoms with Gasteiger partial charge in [-0.1, -0.05) is 52.0 Å². The molecule has 5 nitrogen and oxygen atoms in total. The number of halogens is 2. The second-order valence-electron chi connectivity index (χ2n) is 6.08. The molecule has 0 radical (unpaired) electrons. The van der Waals surface area contributed by atoms with Crippen LogP contribution in [0.5, 0.6) is 11.5 Å². The number of ether oxygens (including phenoxy) is 2. The topological polar surface area (TPSA) is 69.7 Å². The molecule has 1 atom stereocenters. The summed E-state index contributed by atoms with van der Waals surface area (Å²) >= 11 is 12.3. The summed E-state index contributed by atoms with van der Waals surface area (Å²) in [6.45, 7) is 0. The Kier molecular flexibility index (Phi) is 6.88. The second-order valence-corrected chi connectivity index (χ2v) is 8.37. The highest BCUT2D eigenvalue weighted by atomic mass is 35.5. The molecule has 0 saturated carbocycles. The molecule has 152 valence electrons. The lowest BCUT2D eigenvalue weighted by molar-refractivity contribution is 0.103. The van der Waals surface area contributed by atoms with Crippen molar-refractivity contribution in [3.8, 4) is 11.5 Å². The fraction of sp³-hybridized carbons (Fsp3) is 0.0909. The molecule has 0 aliphatic heterocycles. The summed E-state index contributed by atoms with van der Waals surface area (Å²) < 4.78 is 23.8. The fourth-order valence-corrected chi connectivity index (χ4v) is 4.79. The molecule has 3 aromatic carbocycles. The normalized spacial score (nSPS) is 11.0. The van der Waals surface area contributed by atoms with Crippen LogP contribution in [0.1, 0.15) is 26.3 Å². The van der Waals surface area contributed by atoms with Crippen molar-refractivity contribution in [1.29, 1.82) is 0 Å². The van der Waals surface area contributed by atoms with Gasteiger partial charge in [0.25, 0.3) is 0 Å². The zero-order chi connectivity index (χ0) is 21.8. The molecule has 0 heterocycles. The molecule has 0 aliphatic rings. The molecular formula is C22H16Cl2O5P+. The van der Waals surface area contributed by atoms with Gasteiger partial charge in [0, 0.05) is 0 Å². The molecule has 0 N–H and O–H groups in total. The van der Waals surface area contributed by atoms with Gasteiger partial charge in [0.2, 0.25) is 11.1 Å². The van der Waals surface area contributed by atoms with Crippen LogP contribution in [0.4, 0.5) is 0 Å². The summed E-state index contributed by atoms with van der Waals surface area (Å²) in [5.74, 6) is -0.0781. The van der Waals surface area contributed by atoms with E-state index in [-0.39, 0.29) is 43.5 Å². The molecule has 0 aliphatic carbocycles. The van der Waals surface area contributed by atoms with Crippen molar-refractivity contribution >= 4 is 47.6 Å². The number of hydrogen-bond donors (Lipinski definition) is 0. The van der Waals surface area contributed by atoms with Crippen LogP contribution in [0.2, 0.25) is 10.0 Å². The monoisotopic (exact) mass is 461 g/mol. The molecule has 0 saturated heterocycles. The van der Waals surface area contributed by atoms with E-state index in [0.717, 1.165) is 0 Å². The predicted molar refractivity (Wildman–Crippen MR) is 117 cm³/mol. The lowest BCUT2D eigenvalue weighted by atomic mass is 10.0. The number of carbonyl (C=O) groups excluding carboxylic acids is 2. The summed E-state index contributed by atoms with van der Waals surface area (Å²) in [6, 6.07) is 15.6. The third-order valence-corrected chi connectivity index (χ3v) is 6.43. The van der Waals surface area contributed by atoms with Crippen LogP contribution in [0.25, 0.3) is 0 Å². The number of ketones is 1. The highest BCUT2D eigenvalue weighted by molar-refractivity contribution is 7.71. The molecule has 3 rings (SSSR count). The van der Waals surface area contributed by atoms with Crippen LogP contribution >= 0.6 is 31.0 Å². The highest BCUT2D eigenvalue weighted by Crippen LogP contribution is 2.38. The van der Waals surface area contributed by atoms with Crippen molar-refractivity contribution < 1.29 is 23.6 Å². The van der Waals surface area contributed by atoms with Gasteiger partial charge in [-0.05, 0) is 36.4 Å². The van der Waals surface area contributed by atoms with Crippen LogP contribution in [-0.2, 0) is 4.57 Å². The van der Waals surface area contributed by atoms with Crippen LogP contribution in [0.15, 0.2) is 60.7 Å². The van der Waals surface area contributed by atoms with Gasteiger partial charge in [0.1, 0.15) is 11.5 Å². The van der Waals surface area contributed by atoms with E-state index in [0.29, 0.717) is 0 Å². The Morgan fingerprint density at radius 1 is 0.767 bits per heavy atom. The second kappa shape index (κ2) is 9.40. The third-order valence-electron chi connectivity index (χ3n) is 4.38. The van der Waals surface area contributed by atoms with Gasteiger partial charge in [0.15, 0.2) is 5.56 Å². The zero-order valence-electron chi connectivity index (χ0n) is 16.0. The van der Waals surface area contributed by atoms with Crippen molar-refractivity contribution in [2.75, 3.05) is 14.2 Å². The van der Waals surface area contributed by atoms with Crippen molar-refractivity contribution in [2.24, 2.45) is 0 Å². The summed E-state index contributed by atoms with van der Waals surface area (Å²) in [6.07, 6.45) is 0. The molecular weight excluding hydrogens is 446 g/mol. The van der Waals surface area contributed by atoms with E-state index in [1.165, 1.54) is 38.5 Å². The Morgan fingerprint density at radius 2 is 1.30 bits per heavy atom. The summed E-state index contributed by atoms with van der Waals surface area (Å²) in [5, 5.41) is 0.400. The molecule has 0 aromatic heterocycles. The molecule has 30 heavy (non-hydrogen) atoms. The van der Waals surface area contributed by atoms with Gasteiger partial charge in [-0.2, -0.15) is 0 Å². The number of methoxy groups -OCH3 is 2. The number of hydrogen-bond acceptors (Lipinski definition) is 5. The Bertz CT molecular complexity index is 1120. The van der Waals surface area contributed by atoms with E-state index in [4.69, 9.17) is 32.7 Å². The Labute approximate surface area is 184 Å². The van der Waals surface area contributed by atoms with Gasteiger partial charge in [0.05, 0.1) is 35.4 Å². The smallest absolute Gasteiger partial charge is 0.459 e. The van der Waals surface area contributed by atoms with Crippen LogP contribution in [-0.4, -0.2) is 25.5 Å². The summed E-state index contributed by atoms with van der Waals surface area (Å²) in [4.78, 5) is 26.3. The number of benzene rings is 3. The van der Waals surface area contributed by atoms with E-state index in [2.05, 4.69) is 0 Å². The summed E-state index contributed by atoms with van der Waals surface area (Å²) in [7, 11) is 0.121. The van der Waals surface area contributed by atoms with E-state index in [1.807, 2.05) is 0 Å². The molecule has 1 unspecified atom stereocenters. The third kappa shape index (κ3) is 4.10. The van der Waals surface area contributed by atoms with Gasteiger partial charge in [-0.25, -0.2) is 4.79 Å². The lowest BCUT2D eigenvalue weighted by Gasteiger charge is -2.09. The maximum atomic E-state index is 13.3. The van der Waals surface area contributed by atoms with E-state index in [1.54, 1.807) is 36.4 Å². The minimum Gasteiger partial charge on any atom is -0.496 e.